The van der Waals surface area contributed by atoms with Crippen molar-refractivity contribution in [1.29, 1.82) is 0 Å². The third-order valence-electron chi connectivity index (χ3n) is 2.00. The molecule has 0 aliphatic heterocycles. The van der Waals surface area contributed by atoms with E-state index in [9.17, 15) is 4.79 Å². The zero-order valence-electron chi connectivity index (χ0n) is 9.77. The van der Waals surface area contributed by atoms with Crippen molar-refractivity contribution in [2.45, 2.75) is 6.92 Å². The van der Waals surface area contributed by atoms with E-state index in [0.717, 1.165) is 0 Å². The number of terminal acetylenes is 1. The summed E-state index contributed by atoms with van der Waals surface area (Å²) >= 11 is 0. The predicted molar refractivity (Wildman–Crippen MR) is 65.2 cm³/mol. The second-order valence-electron chi connectivity index (χ2n) is 3.21. The van der Waals surface area contributed by atoms with Crippen molar-refractivity contribution >= 4 is 11.5 Å². The molecule has 0 bridgehead atoms. The lowest BCUT2D eigenvalue weighted by Crippen LogP contribution is -2.10. The monoisotopic (exact) mass is 231 g/mol. The highest BCUT2D eigenvalue weighted by Gasteiger charge is 2.09. The Hall–Kier alpha value is -2.28. The van der Waals surface area contributed by atoms with Gasteiger partial charge in [-0.1, -0.05) is 11.1 Å². The van der Waals surface area contributed by atoms with Crippen molar-refractivity contribution in [1.82, 2.24) is 0 Å². The van der Waals surface area contributed by atoms with Gasteiger partial charge in [0.25, 0.3) is 0 Å². The van der Waals surface area contributed by atoms with Gasteiger partial charge in [-0.25, -0.2) is 0 Å². The number of ether oxygens (including phenoxy) is 1. The minimum atomic E-state index is -0.185. The highest BCUT2D eigenvalue weighted by molar-refractivity contribution is 6.45. The number of oxime groups is 1. The van der Waals surface area contributed by atoms with Gasteiger partial charge in [0.2, 0.25) is 5.78 Å². The fourth-order valence-corrected chi connectivity index (χ4v) is 1.21. The van der Waals surface area contributed by atoms with Crippen LogP contribution in [-0.2, 0) is 4.84 Å². The van der Waals surface area contributed by atoms with Gasteiger partial charge in [-0.2, -0.15) is 0 Å². The Morgan fingerprint density at radius 1 is 1.41 bits per heavy atom. The van der Waals surface area contributed by atoms with Gasteiger partial charge in [-0.05, 0) is 31.2 Å². The maximum absolute atomic E-state index is 11.8. The van der Waals surface area contributed by atoms with E-state index in [0.29, 0.717) is 17.0 Å². The molecule has 88 valence electrons. The summed E-state index contributed by atoms with van der Waals surface area (Å²) in [5.41, 5.74) is 0.821. The normalized spacial score (nSPS) is 10.5. The van der Waals surface area contributed by atoms with E-state index in [4.69, 9.17) is 11.2 Å². The van der Waals surface area contributed by atoms with Crippen LogP contribution >= 0.6 is 0 Å². The zero-order valence-corrected chi connectivity index (χ0v) is 9.77. The molecule has 0 saturated heterocycles. The maximum atomic E-state index is 11.8. The smallest absolute Gasteiger partial charge is 0.210 e. The van der Waals surface area contributed by atoms with Gasteiger partial charge >= 0.3 is 0 Å². The largest absolute Gasteiger partial charge is 0.481 e. The Bertz CT molecular complexity index is 455. The van der Waals surface area contributed by atoms with Gasteiger partial charge in [0.1, 0.15) is 25.2 Å². The van der Waals surface area contributed by atoms with Crippen molar-refractivity contribution in [3.63, 3.8) is 0 Å². The van der Waals surface area contributed by atoms with E-state index >= 15 is 0 Å². The first-order chi connectivity index (χ1) is 8.19. The molecule has 4 nitrogen and oxygen atoms in total. The molecule has 0 radical (unpaired) electrons. The number of carbonyl (C=O) groups excluding carboxylic acids is 1. The van der Waals surface area contributed by atoms with Crippen LogP contribution in [0.15, 0.2) is 29.4 Å². The molecule has 0 aromatic heterocycles. The van der Waals surface area contributed by atoms with E-state index in [-0.39, 0.29) is 12.4 Å². The number of carbonyl (C=O) groups is 1. The lowest BCUT2D eigenvalue weighted by molar-refractivity contribution is 0.105. The number of benzene rings is 1. The molecule has 1 rings (SSSR count). The van der Waals surface area contributed by atoms with Gasteiger partial charge < -0.3 is 9.57 Å². The number of rotatable bonds is 5. The van der Waals surface area contributed by atoms with Crippen LogP contribution in [0.25, 0.3) is 0 Å². The molecule has 0 heterocycles. The molecule has 17 heavy (non-hydrogen) atoms. The first kappa shape index (κ1) is 12.8. The van der Waals surface area contributed by atoms with E-state index in [2.05, 4.69) is 15.9 Å². The standard InChI is InChI=1S/C13H13NO3/c1-4-9-17-12-7-5-11(6-8-12)13(15)10(2)14-16-3/h1,5-8H,9H2,2-3H3/b14-10+. The Balaban J connectivity index is 2.78. The fourth-order valence-electron chi connectivity index (χ4n) is 1.21. The number of hydrogen-bond acceptors (Lipinski definition) is 4. The highest BCUT2D eigenvalue weighted by Crippen LogP contribution is 2.12. The second-order valence-corrected chi connectivity index (χ2v) is 3.21. The molecule has 4 heteroatoms. The third kappa shape index (κ3) is 3.65. The van der Waals surface area contributed by atoms with Crippen LogP contribution in [0, 0.1) is 12.3 Å². The van der Waals surface area contributed by atoms with Crippen molar-refractivity contribution in [3.8, 4) is 18.1 Å². The van der Waals surface area contributed by atoms with E-state index in [1.807, 2.05) is 0 Å². The molecule has 0 atom stereocenters. The SMILES string of the molecule is C#CCOc1ccc(C(=O)/C(C)=N/OC)cc1. The topological polar surface area (TPSA) is 47.9 Å². The van der Waals surface area contributed by atoms with Crippen LogP contribution in [0.1, 0.15) is 17.3 Å². The van der Waals surface area contributed by atoms with Crippen molar-refractivity contribution in [2.75, 3.05) is 13.7 Å². The average Bonchev–Trinajstić information content (AvgIpc) is 2.36. The lowest BCUT2D eigenvalue weighted by atomic mass is 10.1. The quantitative estimate of drug-likeness (QED) is 0.336. The first-order valence-electron chi connectivity index (χ1n) is 4.97. The van der Waals surface area contributed by atoms with Gasteiger partial charge in [-0.15, -0.1) is 6.42 Å². The molecule has 0 saturated carbocycles. The van der Waals surface area contributed by atoms with E-state index in [1.165, 1.54) is 7.11 Å². The predicted octanol–water partition coefficient (Wildman–Crippen LogP) is 1.90. The molecule has 0 aliphatic carbocycles. The van der Waals surface area contributed by atoms with Crippen molar-refractivity contribution < 1.29 is 14.4 Å². The zero-order chi connectivity index (χ0) is 12.7. The summed E-state index contributed by atoms with van der Waals surface area (Å²) in [6, 6.07) is 6.68. The molecule has 0 N–H and O–H groups in total. The average molecular weight is 231 g/mol. The van der Waals surface area contributed by atoms with Crippen LogP contribution in [0.5, 0.6) is 5.75 Å². The summed E-state index contributed by atoms with van der Waals surface area (Å²) in [6.07, 6.45) is 5.07. The minimum absolute atomic E-state index is 0.185. The van der Waals surface area contributed by atoms with Gasteiger partial charge in [-0.3, -0.25) is 4.79 Å². The Labute approximate surface area is 100 Å². The van der Waals surface area contributed by atoms with Crippen LogP contribution in [0.4, 0.5) is 0 Å². The minimum Gasteiger partial charge on any atom is -0.481 e. The Kier molecular flexibility index (Phi) is 4.77. The molecular formula is C13H13NO3. The van der Waals surface area contributed by atoms with Gasteiger partial charge in [0, 0.05) is 5.56 Å². The van der Waals surface area contributed by atoms with Crippen LogP contribution < -0.4 is 4.74 Å². The Morgan fingerprint density at radius 2 is 2.06 bits per heavy atom. The molecule has 1 aromatic carbocycles. The first-order valence-corrected chi connectivity index (χ1v) is 4.97. The summed E-state index contributed by atoms with van der Waals surface area (Å²) in [4.78, 5) is 16.3. The van der Waals surface area contributed by atoms with E-state index in [1.54, 1.807) is 31.2 Å². The summed E-state index contributed by atoms with van der Waals surface area (Å²) in [6.45, 7) is 1.80. The summed E-state index contributed by atoms with van der Waals surface area (Å²) in [5, 5.41) is 3.58. The van der Waals surface area contributed by atoms with Crippen molar-refractivity contribution in [2.24, 2.45) is 5.16 Å². The number of ketones is 1. The molecule has 0 fully saturated rings. The van der Waals surface area contributed by atoms with Crippen LogP contribution in [0.3, 0.4) is 0 Å². The third-order valence-corrected chi connectivity index (χ3v) is 2.00. The number of nitrogens with zero attached hydrogens (tertiary/aromatic N) is 1. The Morgan fingerprint density at radius 3 is 2.59 bits per heavy atom. The molecule has 0 spiro atoms. The van der Waals surface area contributed by atoms with Crippen LogP contribution in [0.2, 0.25) is 0 Å². The second kappa shape index (κ2) is 6.33. The number of hydrogen-bond donors (Lipinski definition) is 0. The number of Topliss-reactive ketones (excluding diaryl/α,β-unsaturated/α-hetero) is 1. The van der Waals surface area contributed by atoms with E-state index < -0.39 is 0 Å². The molecule has 1 aromatic rings. The van der Waals surface area contributed by atoms with Crippen molar-refractivity contribution in [3.05, 3.63) is 29.8 Å². The molecule has 0 unspecified atom stereocenters. The van der Waals surface area contributed by atoms with Gasteiger partial charge in [0.15, 0.2) is 0 Å². The summed E-state index contributed by atoms with van der Waals surface area (Å²) < 4.78 is 5.20. The molecule has 0 aliphatic rings. The highest BCUT2D eigenvalue weighted by atomic mass is 16.6. The fraction of sp³-hybridized carbons (Fsp3) is 0.231. The molecular weight excluding hydrogens is 218 g/mol. The maximum Gasteiger partial charge on any atom is 0.210 e. The summed E-state index contributed by atoms with van der Waals surface area (Å²) in [7, 11) is 1.40. The van der Waals surface area contributed by atoms with Gasteiger partial charge in [0.05, 0.1) is 0 Å². The molecule has 0 amide bonds. The summed E-state index contributed by atoms with van der Waals surface area (Å²) in [5.74, 6) is 2.80. The lowest BCUT2D eigenvalue weighted by Gasteiger charge is -2.03. The van der Waals surface area contributed by atoms with Crippen LogP contribution in [-0.4, -0.2) is 25.2 Å².